The molecule has 0 aliphatic heterocycles. The van der Waals surface area contributed by atoms with E-state index in [4.69, 9.17) is 0 Å². The Kier molecular flexibility index (Phi) is 4.48. The number of hydrogen-bond donors (Lipinski definition) is 0. The highest BCUT2D eigenvalue weighted by molar-refractivity contribution is 6.11. The summed E-state index contributed by atoms with van der Waals surface area (Å²) in [4.78, 5) is 46.4. The number of aldehydes is 1. The van der Waals surface area contributed by atoms with Crippen molar-refractivity contribution in [3.05, 3.63) is 35.9 Å². The molecule has 0 radical (unpaired) electrons. The summed E-state index contributed by atoms with van der Waals surface area (Å²) in [6.07, 6.45) is 0.296. The summed E-state index contributed by atoms with van der Waals surface area (Å²) in [5.74, 6) is -1.85. The van der Waals surface area contributed by atoms with Crippen LogP contribution in [0.25, 0.3) is 0 Å². The molecule has 0 aliphatic carbocycles. The molecule has 1 aromatic rings. The molecule has 0 aliphatic rings. The van der Waals surface area contributed by atoms with Crippen LogP contribution in [0.5, 0.6) is 0 Å². The third-order valence-corrected chi connectivity index (χ3v) is 2.40. The molecular formula is C13H13NO4. The number of nitrogens with zero attached hydrogens (tertiary/aromatic N) is 1. The number of amides is 2. The smallest absolute Gasteiger partial charge is 0.261 e. The van der Waals surface area contributed by atoms with E-state index in [1.807, 2.05) is 0 Å². The van der Waals surface area contributed by atoms with E-state index in [9.17, 15) is 19.2 Å². The number of ketones is 1. The van der Waals surface area contributed by atoms with E-state index in [0.29, 0.717) is 11.2 Å². The van der Waals surface area contributed by atoms with Crippen molar-refractivity contribution in [1.82, 2.24) is 4.90 Å². The van der Waals surface area contributed by atoms with Gasteiger partial charge in [0.25, 0.3) is 5.91 Å². The first-order valence-corrected chi connectivity index (χ1v) is 5.34. The lowest BCUT2D eigenvalue weighted by molar-refractivity contribution is -0.137. The number of rotatable bonds is 4. The first kappa shape index (κ1) is 13.8. The zero-order valence-corrected chi connectivity index (χ0v) is 10.1. The maximum absolute atomic E-state index is 12.1. The summed E-state index contributed by atoms with van der Waals surface area (Å²) in [6, 6.07) is 6.65. The molecule has 0 heterocycles. The van der Waals surface area contributed by atoms with Crippen molar-refractivity contribution in [2.24, 2.45) is 0 Å². The van der Waals surface area contributed by atoms with Gasteiger partial charge >= 0.3 is 0 Å². The normalized spacial score (nSPS) is 11.4. The van der Waals surface area contributed by atoms with Gasteiger partial charge < -0.3 is 4.79 Å². The van der Waals surface area contributed by atoms with Crippen molar-refractivity contribution in [3.63, 3.8) is 0 Å². The summed E-state index contributed by atoms with van der Waals surface area (Å²) in [5, 5.41) is 0. The van der Waals surface area contributed by atoms with Crippen LogP contribution in [0.15, 0.2) is 30.3 Å². The van der Waals surface area contributed by atoms with E-state index in [2.05, 4.69) is 0 Å². The molecule has 1 atom stereocenters. The maximum atomic E-state index is 12.1. The monoisotopic (exact) mass is 247 g/mol. The van der Waals surface area contributed by atoms with Crippen LogP contribution in [0.1, 0.15) is 24.2 Å². The van der Waals surface area contributed by atoms with Gasteiger partial charge in [0.05, 0.1) is 0 Å². The molecule has 5 heteroatoms. The van der Waals surface area contributed by atoms with Gasteiger partial charge in [-0.1, -0.05) is 18.2 Å². The van der Waals surface area contributed by atoms with Crippen molar-refractivity contribution in [2.45, 2.75) is 19.9 Å². The molecule has 94 valence electrons. The zero-order chi connectivity index (χ0) is 13.7. The van der Waals surface area contributed by atoms with E-state index < -0.39 is 23.6 Å². The van der Waals surface area contributed by atoms with Gasteiger partial charge in [-0.2, -0.15) is 0 Å². The van der Waals surface area contributed by atoms with Crippen molar-refractivity contribution >= 4 is 23.9 Å². The quantitative estimate of drug-likeness (QED) is 0.583. The summed E-state index contributed by atoms with van der Waals surface area (Å²) in [6.45, 7) is 2.30. The van der Waals surface area contributed by atoms with Crippen LogP contribution in [0.4, 0.5) is 0 Å². The summed E-state index contributed by atoms with van der Waals surface area (Å²) < 4.78 is 0. The van der Waals surface area contributed by atoms with Crippen LogP contribution in [-0.2, 0) is 14.4 Å². The summed E-state index contributed by atoms with van der Waals surface area (Å²) in [5.41, 5.74) is 0.251. The van der Waals surface area contributed by atoms with Crippen LogP contribution >= 0.6 is 0 Å². The minimum absolute atomic E-state index is 0.251. The molecule has 5 nitrogen and oxygen atoms in total. The number of carbonyl (C=O) groups is 4. The van der Waals surface area contributed by atoms with Crippen LogP contribution in [0.2, 0.25) is 0 Å². The van der Waals surface area contributed by atoms with Gasteiger partial charge in [-0.25, -0.2) is 0 Å². The van der Waals surface area contributed by atoms with Gasteiger partial charge in [0.1, 0.15) is 0 Å². The second kappa shape index (κ2) is 5.86. The molecule has 0 N–H and O–H groups in total. The van der Waals surface area contributed by atoms with Gasteiger partial charge in [-0.15, -0.1) is 0 Å². The highest BCUT2D eigenvalue weighted by Gasteiger charge is 2.30. The first-order chi connectivity index (χ1) is 8.49. The van der Waals surface area contributed by atoms with E-state index in [1.165, 1.54) is 12.1 Å². The predicted octanol–water partition coefficient (Wildman–Crippen LogP) is 0.832. The number of imide groups is 1. The van der Waals surface area contributed by atoms with E-state index in [1.54, 1.807) is 18.2 Å². The lowest BCUT2D eigenvalue weighted by Crippen LogP contribution is -2.48. The maximum Gasteiger partial charge on any atom is 0.261 e. The minimum atomic E-state index is -1.37. The van der Waals surface area contributed by atoms with Crippen molar-refractivity contribution in [3.8, 4) is 0 Å². The molecule has 0 aromatic heterocycles. The Bertz CT molecular complexity index is 481. The van der Waals surface area contributed by atoms with Crippen molar-refractivity contribution in [2.75, 3.05) is 0 Å². The average Bonchev–Trinajstić information content (AvgIpc) is 2.35. The topological polar surface area (TPSA) is 71.5 Å². The zero-order valence-electron chi connectivity index (χ0n) is 10.1. The number of carbonyl (C=O) groups excluding carboxylic acids is 4. The lowest BCUT2D eigenvalue weighted by Gasteiger charge is -2.23. The molecule has 0 saturated heterocycles. The van der Waals surface area contributed by atoms with Gasteiger partial charge in [0.2, 0.25) is 5.91 Å². The largest absolute Gasteiger partial charge is 0.301 e. The van der Waals surface area contributed by atoms with Gasteiger partial charge in [0, 0.05) is 12.5 Å². The predicted molar refractivity (Wildman–Crippen MR) is 63.8 cm³/mol. The fourth-order valence-corrected chi connectivity index (χ4v) is 1.52. The van der Waals surface area contributed by atoms with Crippen LogP contribution < -0.4 is 0 Å². The molecule has 1 unspecified atom stereocenters. The Labute approximate surface area is 104 Å². The van der Waals surface area contributed by atoms with E-state index >= 15 is 0 Å². The fraction of sp³-hybridized carbons (Fsp3) is 0.231. The highest BCUT2D eigenvalue weighted by atomic mass is 16.2. The Balaban J connectivity index is 3.14. The first-order valence-electron chi connectivity index (χ1n) is 5.34. The number of hydrogen-bond acceptors (Lipinski definition) is 4. The van der Waals surface area contributed by atoms with Crippen molar-refractivity contribution < 1.29 is 19.2 Å². The molecule has 1 aromatic carbocycles. The molecular weight excluding hydrogens is 234 g/mol. The fourth-order valence-electron chi connectivity index (χ4n) is 1.52. The Morgan fingerprint density at radius 1 is 1.11 bits per heavy atom. The highest BCUT2D eigenvalue weighted by Crippen LogP contribution is 2.09. The second-order valence-corrected chi connectivity index (χ2v) is 3.75. The van der Waals surface area contributed by atoms with Crippen LogP contribution in [-0.4, -0.2) is 34.8 Å². The molecule has 0 spiro atoms. The summed E-state index contributed by atoms with van der Waals surface area (Å²) in [7, 11) is 0. The molecule has 0 fully saturated rings. The Hall–Kier alpha value is -2.30. The molecule has 1 rings (SSSR count). The van der Waals surface area contributed by atoms with Crippen molar-refractivity contribution in [1.29, 1.82) is 0 Å². The average molecular weight is 247 g/mol. The van der Waals surface area contributed by atoms with E-state index in [0.717, 1.165) is 13.8 Å². The Morgan fingerprint density at radius 2 is 1.67 bits per heavy atom. The molecule has 0 bridgehead atoms. The lowest BCUT2D eigenvalue weighted by atomic mass is 10.1. The Morgan fingerprint density at radius 3 is 2.06 bits per heavy atom. The third kappa shape index (κ3) is 2.88. The molecule has 18 heavy (non-hydrogen) atoms. The van der Waals surface area contributed by atoms with Gasteiger partial charge in [-0.3, -0.25) is 19.3 Å². The number of Topliss-reactive ketones (excluding diaryl/α,β-unsaturated/α-hetero) is 1. The number of benzene rings is 1. The standard InChI is InChI=1S/C13H13NO4/c1-9(16)12(8-15)14(10(2)17)13(18)11-6-4-3-5-7-11/h3-8,12H,1-2H3. The van der Waals surface area contributed by atoms with Crippen LogP contribution in [0, 0.1) is 0 Å². The van der Waals surface area contributed by atoms with Gasteiger partial charge in [-0.05, 0) is 19.1 Å². The minimum Gasteiger partial charge on any atom is -0.301 e. The summed E-state index contributed by atoms with van der Waals surface area (Å²) >= 11 is 0. The van der Waals surface area contributed by atoms with E-state index in [-0.39, 0.29) is 5.56 Å². The third-order valence-electron chi connectivity index (χ3n) is 2.40. The SMILES string of the molecule is CC(=O)C(C=O)N(C(C)=O)C(=O)c1ccccc1. The molecule has 0 saturated carbocycles. The molecule has 2 amide bonds. The van der Waals surface area contributed by atoms with Gasteiger partial charge in [0.15, 0.2) is 18.1 Å². The second-order valence-electron chi connectivity index (χ2n) is 3.75. The van der Waals surface area contributed by atoms with Crippen LogP contribution in [0.3, 0.4) is 0 Å².